The van der Waals surface area contributed by atoms with Gasteiger partial charge in [0.1, 0.15) is 6.54 Å². The van der Waals surface area contributed by atoms with Crippen molar-refractivity contribution in [1.82, 2.24) is 30.4 Å². The third kappa shape index (κ3) is 2.92. The summed E-state index contributed by atoms with van der Waals surface area (Å²) < 4.78 is 6.57. The normalized spacial score (nSPS) is 11.0. The first kappa shape index (κ1) is 14.2. The van der Waals surface area contributed by atoms with Crippen LogP contribution in [0.2, 0.25) is 0 Å². The molecule has 4 aromatic rings. The zero-order chi connectivity index (χ0) is 15.6. The van der Waals surface area contributed by atoms with E-state index in [1.807, 2.05) is 41.1 Å². The Kier molecular flexibility index (Phi) is 3.72. The lowest BCUT2D eigenvalue weighted by Crippen LogP contribution is -2.04. The van der Waals surface area contributed by atoms with Crippen molar-refractivity contribution in [1.29, 1.82) is 0 Å². The first-order valence-corrected chi connectivity index (χ1v) is 8.41. The van der Waals surface area contributed by atoms with Crippen molar-refractivity contribution in [3.8, 4) is 22.8 Å². The molecule has 0 unspecified atom stereocenters. The molecular weight excluding hydrogens is 380 g/mol. The maximum absolute atomic E-state index is 5.68. The number of halogens is 1. The molecule has 0 spiro atoms. The van der Waals surface area contributed by atoms with Gasteiger partial charge in [0.25, 0.3) is 0 Å². The zero-order valence-electron chi connectivity index (χ0n) is 11.6. The molecule has 1 aromatic carbocycles. The van der Waals surface area contributed by atoms with Crippen molar-refractivity contribution in [2.75, 3.05) is 0 Å². The summed E-state index contributed by atoms with van der Waals surface area (Å²) in [5.74, 6) is 1.45. The van der Waals surface area contributed by atoms with E-state index in [1.165, 1.54) is 4.80 Å². The van der Waals surface area contributed by atoms with Crippen molar-refractivity contribution in [2.24, 2.45) is 0 Å². The van der Waals surface area contributed by atoms with Gasteiger partial charge in [0.2, 0.25) is 17.6 Å². The molecular formula is C14H9BrN6OS. The summed E-state index contributed by atoms with van der Waals surface area (Å²) in [6.07, 6.45) is 0. The average molecular weight is 389 g/mol. The van der Waals surface area contributed by atoms with Gasteiger partial charge in [-0.3, -0.25) is 0 Å². The van der Waals surface area contributed by atoms with Gasteiger partial charge in [-0.2, -0.15) is 16.1 Å². The molecule has 114 valence electrons. The fraction of sp³-hybridized carbons (Fsp3) is 0.0714. The van der Waals surface area contributed by atoms with Gasteiger partial charge in [0.05, 0.1) is 5.56 Å². The highest BCUT2D eigenvalue weighted by atomic mass is 79.9. The molecule has 0 atom stereocenters. The summed E-state index contributed by atoms with van der Waals surface area (Å²) in [6.45, 7) is 0.272. The van der Waals surface area contributed by atoms with Gasteiger partial charge >= 0.3 is 0 Å². The highest BCUT2D eigenvalue weighted by Crippen LogP contribution is 2.26. The molecule has 0 N–H and O–H groups in total. The van der Waals surface area contributed by atoms with Gasteiger partial charge < -0.3 is 4.42 Å². The molecule has 0 saturated carbocycles. The highest BCUT2D eigenvalue weighted by Gasteiger charge is 2.13. The van der Waals surface area contributed by atoms with Crippen LogP contribution >= 0.6 is 27.3 Å². The molecule has 23 heavy (non-hydrogen) atoms. The van der Waals surface area contributed by atoms with Crippen LogP contribution in [0.5, 0.6) is 0 Å². The lowest BCUT2D eigenvalue weighted by atomic mass is 10.2. The highest BCUT2D eigenvalue weighted by molar-refractivity contribution is 9.10. The van der Waals surface area contributed by atoms with Gasteiger partial charge in [-0.25, -0.2) is 0 Å². The van der Waals surface area contributed by atoms with Crippen LogP contribution in [0.15, 0.2) is 50.0 Å². The van der Waals surface area contributed by atoms with E-state index in [0.717, 1.165) is 15.6 Å². The second-order valence-corrected chi connectivity index (χ2v) is 6.27. The van der Waals surface area contributed by atoms with E-state index in [2.05, 4.69) is 41.5 Å². The molecule has 3 aromatic heterocycles. The van der Waals surface area contributed by atoms with Crippen LogP contribution in [-0.2, 0) is 6.54 Å². The van der Waals surface area contributed by atoms with Gasteiger partial charge in [-0.05, 0) is 44.7 Å². The largest absolute Gasteiger partial charge is 0.419 e. The van der Waals surface area contributed by atoms with Crippen molar-refractivity contribution in [2.45, 2.75) is 6.54 Å². The van der Waals surface area contributed by atoms with Gasteiger partial charge in [0, 0.05) is 15.4 Å². The molecule has 0 aliphatic rings. The predicted molar refractivity (Wildman–Crippen MR) is 87.7 cm³/mol. The van der Waals surface area contributed by atoms with E-state index in [4.69, 9.17) is 4.42 Å². The standard InChI is InChI=1S/C14H9BrN6OS/c15-11-4-2-1-3-10(11)14-18-16-12(22-14)7-21-19-13(17-20-21)9-5-6-23-8-9/h1-6,8H,7H2. The Morgan fingerprint density at radius 1 is 1.13 bits per heavy atom. The van der Waals surface area contributed by atoms with E-state index in [9.17, 15) is 0 Å². The third-order valence-electron chi connectivity index (χ3n) is 3.08. The summed E-state index contributed by atoms with van der Waals surface area (Å²) >= 11 is 5.06. The first-order valence-electron chi connectivity index (χ1n) is 6.67. The molecule has 0 saturated heterocycles. The summed E-state index contributed by atoms with van der Waals surface area (Å²) in [7, 11) is 0. The Morgan fingerprint density at radius 2 is 2.04 bits per heavy atom. The second kappa shape index (κ2) is 6.01. The Hall–Kier alpha value is -2.39. The monoisotopic (exact) mass is 388 g/mol. The first-order chi connectivity index (χ1) is 11.3. The molecule has 0 aliphatic heterocycles. The van der Waals surface area contributed by atoms with Crippen molar-refractivity contribution >= 4 is 27.3 Å². The second-order valence-electron chi connectivity index (χ2n) is 4.64. The smallest absolute Gasteiger partial charge is 0.248 e. The molecule has 3 heterocycles. The molecule has 9 heteroatoms. The van der Waals surface area contributed by atoms with E-state index in [1.54, 1.807) is 11.3 Å². The number of hydrogen-bond acceptors (Lipinski definition) is 7. The third-order valence-corrected chi connectivity index (χ3v) is 4.45. The van der Waals surface area contributed by atoms with Crippen molar-refractivity contribution in [3.05, 3.63) is 51.5 Å². The van der Waals surface area contributed by atoms with E-state index >= 15 is 0 Å². The number of hydrogen-bond donors (Lipinski definition) is 0. The Balaban J connectivity index is 1.55. The minimum absolute atomic E-state index is 0.272. The van der Waals surface area contributed by atoms with Gasteiger partial charge in [-0.15, -0.1) is 20.4 Å². The van der Waals surface area contributed by atoms with Gasteiger partial charge in [-0.1, -0.05) is 12.1 Å². The minimum Gasteiger partial charge on any atom is -0.419 e. The van der Waals surface area contributed by atoms with E-state index in [-0.39, 0.29) is 6.54 Å². The summed E-state index contributed by atoms with van der Waals surface area (Å²) in [6, 6.07) is 9.62. The number of benzene rings is 1. The topological polar surface area (TPSA) is 82.5 Å². The van der Waals surface area contributed by atoms with Crippen LogP contribution in [-0.4, -0.2) is 30.4 Å². The summed E-state index contributed by atoms with van der Waals surface area (Å²) in [5, 5.41) is 24.4. The molecule has 0 aliphatic carbocycles. The Labute approximate surface area is 143 Å². The van der Waals surface area contributed by atoms with Crippen LogP contribution in [0.25, 0.3) is 22.8 Å². The number of thiophene rings is 1. The van der Waals surface area contributed by atoms with Crippen LogP contribution in [0, 0.1) is 0 Å². The molecule has 7 nitrogen and oxygen atoms in total. The van der Waals surface area contributed by atoms with Crippen LogP contribution in [0.4, 0.5) is 0 Å². The van der Waals surface area contributed by atoms with E-state index < -0.39 is 0 Å². The lowest BCUT2D eigenvalue weighted by molar-refractivity contribution is 0.446. The molecule has 0 amide bonds. The van der Waals surface area contributed by atoms with Gasteiger partial charge in [0.15, 0.2) is 0 Å². The predicted octanol–water partition coefficient (Wildman–Crippen LogP) is 3.26. The van der Waals surface area contributed by atoms with Crippen molar-refractivity contribution < 1.29 is 4.42 Å². The maximum atomic E-state index is 5.68. The molecule has 0 bridgehead atoms. The van der Waals surface area contributed by atoms with Crippen LogP contribution in [0.3, 0.4) is 0 Å². The minimum atomic E-state index is 0.272. The van der Waals surface area contributed by atoms with Crippen LogP contribution in [0.1, 0.15) is 5.89 Å². The fourth-order valence-electron chi connectivity index (χ4n) is 2.00. The molecule has 0 fully saturated rings. The Morgan fingerprint density at radius 3 is 2.87 bits per heavy atom. The molecule has 4 rings (SSSR count). The van der Waals surface area contributed by atoms with E-state index in [0.29, 0.717) is 17.6 Å². The Bertz CT molecular complexity index is 932. The number of rotatable bonds is 4. The number of nitrogens with zero attached hydrogens (tertiary/aromatic N) is 6. The average Bonchev–Trinajstić information content (AvgIpc) is 3.29. The van der Waals surface area contributed by atoms with Crippen molar-refractivity contribution in [3.63, 3.8) is 0 Å². The summed E-state index contributed by atoms with van der Waals surface area (Å²) in [5.41, 5.74) is 1.79. The zero-order valence-corrected chi connectivity index (χ0v) is 14.0. The maximum Gasteiger partial charge on any atom is 0.248 e. The molecule has 0 radical (unpaired) electrons. The quantitative estimate of drug-likeness (QED) is 0.533. The number of tetrazole rings is 1. The number of aromatic nitrogens is 6. The lowest BCUT2D eigenvalue weighted by Gasteiger charge is -1.97. The fourth-order valence-corrected chi connectivity index (χ4v) is 3.09. The SMILES string of the molecule is Brc1ccccc1-c1nnc(Cn2nnc(-c3ccsc3)n2)o1. The van der Waals surface area contributed by atoms with Crippen LogP contribution < -0.4 is 0 Å². The summed E-state index contributed by atoms with van der Waals surface area (Å²) in [4.78, 5) is 1.43.